The van der Waals surface area contributed by atoms with Crippen LogP contribution in [0.3, 0.4) is 0 Å². The largest absolute Gasteiger partial charge is 0.369 e. The number of likely N-dealkylation sites (tertiary alicyclic amines) is 1. The van der Waals surface area contributed by atoms with Crippen LogP contribution in [0.1, 0.15) is 31.2 Å². The molecule has 11 heteroatoms. The van der Waals surface area contributed by atoms with Crippen molar-refractivity contribution in [3.05, 3.63) is 58.1 Å². The Balaban J connectivity index is 1.24. The van der Waals surface area contributed by atoms with Gasteiger partial charge in [0.15, 0.2) is 5.96 Å². The second kappa shape index (κ2) is 12.4. The SMILES string of the molecule is NC1=NC(=O)C2CN(C(CN3CCCCC3)=Nc3ccc(NC(=O)CCc4ccc(Cl)cc4Cl)cc3)CCN12. The maximum atomic E-state index is 12.5. The molecule has 0 aromatic heterocycles. The summed E-state index contributed by atoms with van der Waals surface area (Å²) in [5, 5.41) is 4.08. The zero-order valence-electron chi connectivity index (χ0n) is 21.8. The smallest absolute Gasteiger partial charge is 0.273 e. The number of fused-ring (bicyclic) bond motifs is 1. The molecule has 39 heavy (non-hydrogen) atoms. The Kier molecular flexibility index (Phi) is 8.69. The van der Waals surface area contributed by atoms with Crippen LogP contribution in [0.2, 0.25) is 10.0 Å². The van der Waals surface area contributed by atoms with Gasteiger partial charge in [0.2, 0.25) is 5.91 Å². The second-order valence-electron chi connectivity index (χ2n) is 10.2. The van der Waals surface area contributed by atoms with E-state index in [0.717, 1.165) is 43.3 Å². The number of benzene rings is 2. The number of halogens is 2. The molecule has 0 aliphatic carbocycles. The van der Waals surface area contributed by atoms with Crippen LogP contribution >= 0.6 is 23.2 Å². The Hall–Kier alpha value is -3.14. The topological polar surface area (TPSA) is 107 Å². The summed E-state index contributed by atoms with van der Waals surface area (Å²) in [7, 11) is 0. The number of anilines is 1. The highest BCUT2D eigenvalue weighted by molar-refractivity contribution is 6.35. The summed E-state index contributed by atoms with van der Waals surface area (Å²) < 4.78 is 0. The first-order chi connectivity index (χ1) is 18.9. The maximum absolute atomic E-state index is 12.5. The Morgan fingerprint density at radius 1 is 1.05 bits per heavy atom. The Labute approximate surface area is 238 Å². The van der Waals surface area contributed by atoms with E-state index in [-0.39, 0.29) is 17.9 Å². The fraction of sp³-hybridized carbons (Fsp3) is 0.429. The first kappa shape index (κ1) is 27.4. The lowest BCUT2D eigenvalue weighted by atomic mass is 10.1. The maximum Gasteiger partial charge on any atom is 0.273 e. The molecule has 3 aliphatic heterocycles. The van der Waals surface area contributed by atoms with Crippen molar-refractivity contribution in [1.29, 1.82) is 0 Å². The molecule has 2 aromatic rings. The van der Waals surface area contributed by atoms with Gasteiger partial charge in [-0.05, 0) is 74.3 Å². The number of carbonyl (C=O) groups is 2. The molecule has 5 rings (SSSR count). The van der Waals surface area contributed by atoms with Crippen molar-refractivity contribution < 1.29 is 9.59 Å². The van der Waals surface area contributed by atoms with Crippen molar-refractivity contribution in [2.75, 3.05) is 44.6 Å². The standard InChI is InChI=1S/C28H33Cl2N7O2/c29-20-6-4-19(23(30)16-20)5-11-26(38)33-22-9-7-21(8-10-22)32-25(18-35-12-2-1-3-13-35)36-14-15-37-24(17-36)27(39)34-28(37)31/h4,6-10,16,24H,1-3,5,11-15,17-18H2,(H,33,38)(H2,31,34,39). The van der Waals surface area contributed by atoms with E-state index in [0.29, 0.717) is 47.6 Å². The zero-order valence-corrected chi connectivity index (χ0v) is 23.3. The summed E-state index contributed by atoms with van der Waals surface area (Å²) in [4.78, 5) is 40.4. The minimum Gasteiger partial charge on any atom is -0.369 e. The van der Waals surface area contributed by atoms with E-state index in [1.165, 1.54) is 19.3 Å². The molecule has 0 spiro atoms. The molecule has 1 unspecified atom stereocenters. The van der Waals surface area contributed by atoms with Gasteiger partial charge in [0.25, 0.3) is 5.91 Å². The van der Waals surface area contributed by atoms with Gasteiger partial charge in [-0.15, -0.1) is 0 Å². The summed E-state index contributed by atoms with van der Waals surface area (Å²) in [5.74, 6) is 0.969. The van der Waals surface area contributed by atoms with Gasteiger partial charge < -0.3 is 20.9 Å². The van der Waals surface area contributed by atoms with Gasteiger partial charge >= 0.3 is 0 Å². The number of piperidine rings is 1. The summed E-state index contributed by atoms with van der Waals surface area (Å²) >= 11 is 12.2. The lowest BCUT2D eigenvalue weighted by molar-refractivity contribution is -0.121. The van der Waals surface area contributed by atoms with Crippen molar-refractivity contribution >= 4 is 58.2 Å². The number of nitrogens with two attached hydrogens (primary N) is 1. The van der Waals surface area contributed by atoms with Gasteiger partial charge in [0.05, 0.1) is 12.2 Å². The van der Waals surface area contributed by atoms with E-state index in [1.54, 1.807) is 12.1 Å². The normalized spacial score (nSPS) is 20.2. The number of guanidine groups is 1. The van der Waals surface area contributed by atoms with Crippen LogP contribution in [0.5, 0.6) is 0 Å². The van der Waals surface area contributed by atoms with Gasteiger partial charge in [-0.1, -0.05) is 35.7 Å². The van der Waals surface area contributed by atoms with Crippen LogP contribution in [0.15, 0.2) is 52.4 Å². The van der Waals surface area contributed by atoms with Gasteiger partial charge in [0.1, 0.15) is 11.9 Å². The first-order valence-electron chi connectivity index (χ1n) is 13.4. The summed E-state index contributed by atoms with van der Waals surface area (Å²) in [6.45, 7) is 4.69. The predicted octanol–water partition coefficient (Wildman–Crippen LogP) is 3.92. The number of amides is 2. The quantitative estimate of drug-likeness (QED) is 0.386. The molecule has 3 heterocycles. The number of aryl methyl sites for hydroxylation is 1. The van der Waals surface area contributed by atoms with Gasteiger partial charge in [-0.2, -0.15) is 4.99 Å². The molecule has 1 atom stereocenters. The summed E-state index contributed by atoms with van der Waals surface area (Å²) in [6.07, 6.45) is 4.46. The van der Waals surface area contributed by atoms with Gasteiger partial charge in [0, 0.05) is 41.8 Å². The zero-order chi connectivity index (χ0) is 27.4. The van der Waals surface area contributed by atoms with Crippen molar-refractivity contribution in [2.24, 2.45) is 15.7 Å². The highest BCUT2D eigenvalue weighted by atomic mass is 35.5. The molecule has 0 radical (unpaired) electrons. The fourth-order valence-corrected chi connectivity index (χ4v) is 5.75. The molecule has 0 bridgehead atoms. The summed E-state index contributed by atoms with van der Waals surface area (Å²) in [5.41, 5.74) is 8.33. The predicted molar refractivity (Wildman–Crippen MR) is 156 cm³/mol. The number of aliphatic imine (C=N–C) groups is 2. The third-order valence-electron chi connectivity index (χ3n) is 7.41. The number of nitrogens with one attached hydrogen (secondary N) is 1. The third kappa shape index (κ3) is 6.90. The lowest BCUT2D eigenvalue weighted by Crippen LogP contribution is -2.58. The van der Waals surface area contributed by atoms with E-state index in [2.05, 4.69) is 20.1 Å². The monoisotopic (exact) mass is 569 g/mol. The number of hydrogen-bond donors (Lipinski definition) is 2. The van der Waals surface area contributed by atoms with Crippen LogP contribution < -0.4 is 11.1 Å². The first-order valence-corrected chi connectivity index (χ1v) is 14.1. The van der Waals surface area contributed by atoms with Crippen molar-refractivity contribution in [3.63, 3.8) is 0 Å². The number of nitrogens with zero attached hydrogens (tertiary/aromatic N) is 5. The lowest BCUT2D eigenvalue weighted by Gasteiger charge is -2.40. The molecule has 0 saturated carbocycles. The number of hydrogen-bond acceptors (Lipinski definition) is 6. The van der Waals surface area contributed by atoms with Crippen LogP contribution in [0, 0.1) is 0 Å². The van der Waals surface area contributed by atoms with Crippen LogP contribution in [-0.4, -0.2) is 83.6 Å². The third-order valence-corrected chi connectivity index (χ3v) is 8.00. The minimum absolute atomic E-state index is 0.0938. The van der Waals surface area contributed by atoms with E-state index in [9.17, 15) is 9.59 Å². The molecule has 3 N–H and O–H groups in total. The average molecular weight is 571 g/mol. The van der Waals surface area contributed by atoms with E-state index in [4.69, 9.17) is 33.9 Å². The van der Waals surface area contributed by atoms with E-state index >= 15 is 0 Å². The molecule has 9 nitrogen and oxygen atoms in total. The van der Waals surface area contributed by atoms with Crippen molar-refractivity contribution in [2.45, 2.75) is 38.1 Å². The number of piperazine rings is 1. The van der Waals surface area contributed by atoms with Crippen molar-refractivity contribution in [3.8, 4) is 0 Å². The molecular weight excluding hydrogens is 537 g/mol. The molecular formula is C28H33Cl2N7O2. The molecule has 2 aromatic carbocycles. The number of amidine groups is 1. The second-order valence-corrected chi connectivity index (χ2v) is 11.0. The minimum atomic E-state index is -0.356. The van der Waals surface area contributed by atoms with E-state index in [1.807, 2.05) is 35.2 Å². The average Bonchev–Trinajstić information content (AvgIpc) is 3.22. The molecule has 2 amide bonds. The van der Waals surface area contributed by atoms with Crippen LogP contribution in [-0.2, 0) is 16.0 Å². The Bertz CT molecular complexity index is 1280. The number of rotatable bonds is 7. The Morgan fingerprint density at radius 2 is 1.82 bits per heavy atom. The van der Waals surface area contributed by atoms with E-state index < -0.39 is 0 Å². The summed E-state index contributed by atoms with van der Waals surface area (Å²) in [6, 6.07) is 12.5. The highest BCUT2D eigenvalue weighted by Crippen LogP contribution is 2.24. The molecule has 2 saturated heterocycles. The van der Waals surface area contributed by atoms with Crippen LogP contribution in [0.4, 0.5) is 11.4 Å². The highest BCUT2D eigenvalue weighted by Gasteiger charge is 2.39. The number of carbonyl (C=O) groups excluding carboxylic acids is 2. The fourth-order valence-electron chi connectivity index (χ4n) is 5.24. The van der Waals surface area contributed by atoms with Gasteiger partial charge in [-0.3, -0.25) is 14.5 Å². The molecule has 2 fully saturated rings. The molecule has 206 valence electrons. The van der Waals surface area contributed by atoms with Crippen LogP contribution in [0.25, 0.3) is 0 Å². The van der Waals surface area contributed by atoms with Gasteiger partial charge in [-0.25, -0.2) is 4.99 Å². The van der Waals surface area contributed by atoms with Crippen molar-refractivity contribution in [1.82, 2.24) is 14.7 Å². The molecule has 3 aliphatic rings. The Morgan fingerprint density at radius 3 is 2.56 bits per heavy atom.